The highest BCUT2D eigenvalue weighted by Gasteiger charge is 2.50. The molecule has 1 aliphatic rings. The maximum Gasteiger partial charge on any atom is 0.330 e. The number of aryl methyl sites for hydroxylation is 1. The second-order valence-electron chi connectivity index (χ2n) is 7.21. The minimum atomic E-state index is -0.767. The van der Waals surface area contributed by atoms with Gasteiger partial charge in [0.05, 0.1) is 12.5 Å². The summed E-state index contributed by atoms with van der Waals surface area (Å²) in [5.41, 5.74) is 1.83. The van der Waals surface area contributed by atoms with E-state index in [1.165, 1.54) is 6.08 Å². The van der Waals surface area contributed by atoms with Crippen LogP contribution >= 0.6 is 0 Å². The Morgan fingerprint density at radius 1 is 1.18 bits per heavy atom. The Balaban J connectivity index is 1.69. The van der Waals surface area contributed by atoms with Crippen molar-refractivity contribution in [1.82, 2.24) is 0 Å². The van der Waals surface area contributed by atoms with Crippen molar-refractivity contribution in [2.24, 2.45) is 5.92 Å². The summed E-state index contributed by atoms with van der Waals surface area (Å²) in [6.07, 6.45) is 3.09. The smallest absolute Gasteiger partial charge is 0.330 e. The summed E-state index contributed by atoms with van der Waals surface area (Å²) in [6, 6.07) is 15.1. The molecule has 1 saturated heterocycles. The molecule has 0 radical (unpaired) electrons. The molecule has 1 heterocycles. The molecule has 0 aliphatic carbocycles. The number of benzene rings is 2. The zero-order valence-electron chi connectivity index (χ0n) is 16.3. The molecule has 1 fully saturated rings. The van der Waals surface area contributed by atoms with E-state index in [4.69, 9.17) is 14.2 Å². The second-order valence-corrected chi connectivity index (χ2v) is 7.21. The van der Waals surface area contributed by atoms with Crippen molar-refractivity contribution in [2.45, 2.75) is 26.4 Å². The number of carbonyl (C=O) groups excluding carboxylic acids is 2. The second kappa shape index (κ2) is 8.40. The van der Waals surface area contributed by atoms with Crippen LogP contribution in [0.25, 0.3) is 6.08 Å². The molecule has 0 saturated carbocycles. The molecule has 1 atom stereocenters. The third-order valence-electron chi connectivity index (χ3n) is 4.46. The van der Waals surface area contributed by atoms with E-state index in [0.29, 0.717) is 17.9 Å². The van der Waals surface area contributed by atoms with Gasteiger partial charge in [0.1, 0.15) is 12.4 Å². The minimum Gasteiger partial charge on any atom is -0.459 e. The first kappa shape index (κ1) is 19.8. The topological polar surface area (TPSA) is 65.1 Å². The standard InChI is InChI=1S/C23H24O5/c1-16(2)22(25)28-20-13-17(3)9-11-19(20)23(15-27-23)14-26-21(24)12-10-18-7-5-4-6-8-18/h4-13,16H,14-15H2,1-3H3/t23-/m1/s1. The Kier molecular flexibility index (Phi) is 5.95. The Labute approximate surface area is 164 Å². The minimum absolute atomic E-state index is 0.0558. The highest BCUT2D eigenvalue weighted by molar-refractivity contribution is 5.87. The molecule has 5 nitrogen and oxygen atoms in total. The van der Waals surface area contributed by atoms with Gasteiger partial charge >= 0.3 is 11.9 Å². The summed E-state index contributed by atoms with van der Waals surface area (Å²) in [4.78, 5) is 24.1. The van der Waals surface area contributed by atoms with E-state index in [2.05, 4.69) is 0 Å². The lowest BCUT2D eigenvalue weighted by Crippen LogP contribution is -2.22. The molecule has 0 bridgehead atoms. The van der Waals surface area contributed by atoms with Gasteiger partial charge in [-0.05, 0) is 30.2 Å². The molecular formula is C23H24O5. The highest BCUT2D eigenvalue weighted by Crippen LogP contribution is 2.44. The van der Waals surface area contributed by atoms with Gasteiger partial charge in [-0.2, -0.15) is 0 Å². The molecule has 1 aliphatic heterocycles. The molecule has 5 heteroatoms. The Hall–Kier alpha value is -2.92. The largest absolute Gasteiger partial charge is 0.459 e. The number of ether oxygens (including phenoxy) is 3. The van der Waals surface area contributed by atoms with Gasteiger partial charge in [-0.1, -0.05) is 56.3 Å². The van der Waals surface area contributed by atoms with Crippen molar-refractivity contribution in [3.63, 3.8) is 0 Å². The van der Waals surface area contributed by atoms with Crippen LogP contribution in [-0.4, -0.2) is 25.2 Å². The van der Waals surface area contributed by atoms with Gasteiger partial charge in [0.15, 0.2) is 5.60 Å². The summed E-state index contributed by atoms with van der Waals surface area (Å²) in [5, 5.41) is 0. The van der Waals surface area contributed by atoms with Crippen LogP contribution in [0.2, 0.25) is 0 Å². The normalized spacial score (nSPS) is 18.3. The first-order valence-corrected chi connectivity index (χ1v) is 9.26. The van der Waals surface area contributed by atoms with Crippen LogP contribution in [0.15, 0.2) is 54.6 Å². The van der Waals surface area contributed by atoms with Crippen LogP contribution in [-0.2, 0) is 24.7 Å². The third-order valence-corrected chi connectivity index (χ3v) is 4.46. The molecule has 2 aromatic carbocycles. The van der Waals surface area contributed by atoms with Gasteiger partial charge in [0.2, 0.25) is 0 Å². The van der Waals surface area contributed by atoms with E-state index < -0.39 is 11.6 Å². The van der Waals surface area contributed by atoms with Gasteiger partial charge in [-0.3, -0.25) is 4.79 Å². The highest BCUT2D eigenvalue weighted by atomic mass is 16.6. The van der Waals surface area contributed by atoms with Crippen LogP contribution in [0, 0.1) is 12.8 Å². The van der Waals surface area contributed by atoms with E-state index in [1.54, 1.807) is 26.0 Å². The molecule has 28 heavy (non-hydrogen) atoms. The van der Waals surface area contributed by atoms with Gasteiger partial charge in [-0.25, -0.2) is 4.79 Å². The SMILES string of the molecule is Cc1ccc([C@@]2(COC(=O)C=Cc3ccccc3)CO2)c(OC(=O)C(C)C)c1. The number of esters is 2. The fourth-order valence-corrected chi connectivity index (χ4v) is 2.68. The predicted molar refractivity (Wildman–Crippen MR) is 106 cm³/mol. The van der Waals surface area contributed by atoms with E-state index in [1.807, 2.05) is 49.4 Å². The number of epoxide rings is 1. The van der Waals surface area contributed by atoms with Crippen LogP contribution in [0.4, 0.5) is 0 Å². The monoisotopic (exact) mass is 380 g/mol. The van der Waals surface area contributed by atoms with Gasteiger partial charge < -0.3 is 14.2 Å². The van der Waals surface area contributed by atoms with Crippen LogP contribution in [0.3, 0.4) is 0 Å². The van der Waals surface area contributed by atoms with Crippen LogP contribution < -0.4 is 4.74 Å². The lowest BCUT2D eigenvalue weighted by Gasteiger charge is -2.17. The van der Waals surface area contributed by atoms with Crippen molar-refractivity contribution in [2.75, 3.05) is 13.2 Å². The lowest BCUT2D eigenvalue weighted by molar-refractivity contribution is -0.140. The third kappa shape index (κ3) is 4.87. The molecule has 0 amide bonds. The summed E-state index contributed by atoms with van der Waals surface area (Å²) >= 11 is 0. The average molecular weight is 380 g/mol. The predicted octanol–water partition coefficient (Wildman–Crippen LogP) is 4.04. The average Bonchev–Trinajstić information content (AvgIpc) is 3.46. The molecule has 0 N–H and O–H groups in total. The molecule has 2 aromatic rings. The zero-order chi connectivity index (χ0) is 20.1. The van der Waals surface area contributed by atoms with Gasteiger partial charge in [0.25, 0.3) is 0 Å². The van der Waals surface area contributed by atoms with Crippen molar-refractivity contribution in [3.8, 4) is 5.75 Å². The molecular weight excluding hydrogens is 356 g/mol. The molecule has 3 rings (SSSR count). The number of carbonyl (C=O) groups is 2. The fourth-order valence-electron chi connectivity index (χ4n) is 2.68. The van der Waals surface area contributed by atoms with Crippen molar-refractivity contribution < 1.29 is 23.8 Å². The van der Waals surface area contributed by atoms with E-state index in [9.17, 15) is 9.59 Å². The van der Waals surface area contributed by atoms with E-state index in [0.717, 1.165) is 11.1 Å². The number of hydrogen-bond donors (Lipinski definition) is 0. The van der Waals surface area contributed by atoms with Gasteiger partial charge in [0, 0.05) is 11.6 Å². The molecule has 146 valence electrons. The first-order chi connectivity index (χ1) is 13.4. The summed E-state index contributed by atoms with van der Waals surface area (Å²) in [5.74, 6) is -0.561. The fraction of sp³-hybridized carbons (Fsp3) is 0.304. The van der Waals surface area contributed by atoms with Gasteiger partial charge in [-0.15, -0.1) is 0 Å². The maximum absolute atomic E-state index is 12.1. The summed E-state index contributed by atoms with van der Waals surface area (Å²) in [6.45, 7) is 5.94. The Bertz CT molecular complexity index is 879. The van der Waals surface area contributed by atoms with E-state index in [-0.39, 0.29) is 18.5 Å². The van der Waals surface area contributed by atoms with Crippen LogP contribution in [0.1, 0.15) is 30.5 Å². The quantitative estimate of drug-likeness (QED) is 0.314. The molecule has 0 aromatic heterocycles. The van der Waals surface area contributed by atoms with Crippen LogP contribution in [0.5, 0.6) is 5.75 Å². The maximum atomic E-state index is 12.1. The number of rotatable bonds is 7. The van der Waals surface area contributed by atoms with Crippen molar-refractivity contribution in [3.05, 3.63) is 71.3 Å². The Morgan fingerprint density at radius 2 is 1.89 bits per heavy atom. The Morgan fingerprint density at radius 3 is 2.54 bits per heavy atom. The van der Waals surface area contributed by atoms with Crippen molar-refractivity contribution >= 4 is 18.0 Å². The van der Waals surface area contributed by atoms with Crippen molar-refractivity contribution in [1.29, 1.82) is 0 Å². The van der Waals surface area contributed by atoms with E-state index >= 15 is 0 Å². The lowest BCUT2D eigenvalue weighted by atomic mass is 9.98. The number of hydrogen-bond acceptors (Lipinski definition) is 5. The molecule has 0 unspecified atom stereocenters. The summed E-state index contributed by atoms with van der Waals surface area (Å²) in [7, 11) is 0. The summed E-state index contributed by atoms with van der Waals surface area (Å²) < 4.78 is 16.6. The first-order valence-electron chi connectivity index (χ1n) is 9.26. The zero-order valence-corrected chi connectivity index (χ0v) is 16.3. The molecule has 0 spiro atoms.